The number of para-hydroxylation sites is 1. The van der Waals surface area contributed by atoms with Gasteiger partial charge in [-0.05, 0) is 57.2 Å². The Morgan fingerprint density at radius 1 is 0.660 bits per heavy atom. The molecule has 0 atom stereocenters. The topological polar surface area (TPSA) is 43.2 Å². The third-order valence-electron chi connectivity index (χ3n) is 10.7. The molecule has 9 rings (SSSR count). The standard InChI is InChI=1S/C44H38N4O.Pd/c1-42(2,3)27-23-34-40-35(24-27)44(6,7)33-14-12-22-46-41(33)48(40)38-26-29(18-20-32(38)43(34,4)5)49-28-17-19-31-30-13-8-9-15-36(30)47(37(31)25-28)39-16-10-11-21-45-39;/h8-24H,1-7H3;/q-2;+2. The molecule has 6 heteroatoms. The summed E-state index contributed by atoms with van der Waals surface area (Å²) in [6, 6.07) is 39.2. The van der Waals surface area contributed by atoms with Gasteiger partial charge in [-0.25, -0.2) is 9.97 Å². The molecule has 0 amide bonds. The fourth-order valence-corrected chi connectivity index (χ4v) is 7.92. The van der Waals surface area contributed by atoms with Crippen LogP contribution in [0.2, 0.25) is 0 Å². The summed E-state index contributed by atoms with van der Waals surface area (Å²) in [6.45, 7) is 16.2. The molecule has 0 unspecified atom stereocenters. The molecule has 250 valence electrons. The minimum Gasteiger partial charge on any atom is -0.509 e. The number of nitrogens with zero attached hydrogens (tertiary/aromatic N) is 4. The number of fused-ring (bicyclic) bond motifs is 7. The van der Waals surface area contributed by atoms with Crippen molar-refractivity contribution >= 4 is 39.0 Å². The van der Waals surface area contributed by atoms with Gasteiger partial charge in [-0.3, -0.25) is 0 Å². The third kappa shape index (κ3) is 4.62. The maximum atomic E-state index is 6.64. The van der Waals surface area contributed by atoms with E-state index in [1.54, 1.807) is 0 Å². The first-order valence-corrected chi connectivity index (χ1v) is 17.0. The smallest absolute Gasteiger partial charge is 0.509 e. The Kier molecular flexibility index (Phi) is 7.22. The van der Waals surface area contributed by atoms with E-state index in [1.165, 1.54) is 33.5 Å². The second-order valence-electron chi connectivity index (χ2n) is 15.4. The molecular weight excluding hydrogens is 707 g/mol. The van der Waals surface area contributed by atoms with Crippen molar-refractivity contribution in [2.45, 2.75) is 64.7 Å². The van der Waals surface area contributed by atoms with Crippen molar-refractivity contribution in [3.8, 4) is 17.3 Å². The van der Waals surface area contributed by atoms with E-state index in [1.807, 2.05) is 48.8 Å². The molecule has 7 aromatic rings. The summed E-state index contributed by atoms with van der Waals surface area (Å²) in [7, 11) is 0. The van der Waals surface area contributed by atoms with Crippen molar-refractivity contribution in [1.82, 2.24) is 14.5 Å². The van der Waals surface area contributed by atoms with Crippen LogP contribution in [-0.4, -0.2) is 14.5 Å². The van der Waals surface area contributed by atoms with Gasteiger partial charge in [0, 0.05) is 40.4 Å². The maximum Gasteiger partial charge on any atom is 2.00 e. The molecule has 0 bridgehead atoms. The van der Waals surface area contributed by atoms with Crippen LogP contribution in [0, 0.1) is 12.1 Å². The van der Waals surface area contributed by atoms with Gasteiger partial charge in [0.15, 0.2) is 0 Å². The van der Waals surface area contributed by atoms with Crippen molar-refractivity contribution in [3.63, 3.8) is 0 Å². The molecule has 0 radical (unpaired) electrons. The second-order valence-corrected chi connectivity index (χ2v) is 15.4. The minimum atomic E-state index is -0.275. The molecule has 0 aliphatic carbocycles. The largest absolute Gasteiger partial charge is 2.00 e. The van der Waals surface area contributed by atoms with Crippen molar-refractivity contribution < 1.29 is 25.2 Å². The number of ether oxygens (including phenoxy) is 1. The summed E-state index contributed by atoms with van der Waals surface area (Å²) in [5.74, 6) is 3.04. The number of hydrogen-bond donors (Lipinski definition) is 0. The SMILES string of the molecule is CC(C)(C)c1cc2c3c(c1)C(C)(C)c1cccnc1N3c1[c-]c(Oc3[c-]c4c(cc3)c3ccccc3n4-c3ccccn3)ccc1C2(C)C.[Pd+2]. The number of benzene rings is 4. The van der Waals surface area contributed by atoms with Crippen LogP contribution in [0.15, 0.2) is 103 Å². The van der Waals surface area contributed by atoms with E-state index in [4.69, 9.17) is 9.72 Å². The van der Waals surface area contributed by atoms with Crippen LogP contribution in [0.3, 0.4) is 0 Å². The number of anilines is 3. The maximum absolute atomic E-state index is 6.64. The van der Waals surface area contributed by atoms with Crippen LogP contribution in [0.5, 0.6) is 11.5 Å². The molecule has 0 saturated carbocycles. The second kappa shape index (κ2) is 11.1. The van der Waals surface area contributed by atoms with E-state index in [0.29, 0.717) is 11.5 Å². The van der Waals surface area contributed by atoms with Crippen molar-refractivity contribution in [2.24, 2.45) is 0 Å². The van der Waals surface area contributed by atoms with Gasteiger partial charge < -0.3 is 14.2 Å². The molecular formula is C44H38N4OPd. The summed E-state index contributed by atoms with van der Waals surface area (Å²) >= 11 is 0. The fraction of sp³-hybridized carbons (Fsp3) is 0.227. The van der Waals surface area contributed by atoms with E-state index in [0.717, 1.165) is 39.1 Å². The van der Waals surface area contributed by atoms with Gasteiger partial charge in [-0.15, -0.1) is 35.2 Å². The predicted molar refractivity (Wildman–Crippen MR) is 198 cm³/mol. The predicted octanol–water partition coefficient (Wildman–Crippen LogP) is 11.0. The number of aromatic nitrogens is 3. The molecule has 0 N–H and O–H groups in total. The number of pyridine rings is 2. The molecule has 0 spiro atoms. The van der Waals surface area contributed by atoms with Crippen LogP contribution in [0.1, 0.15) is 76.3 Å². The Morgan fingerprint density at radius 2 is 1.34 bits per heavy atom. The summed E-state index contributed by atoms with van der Waals surface area (Å²) in [6.07, 6.45) is 3.72. The van der Waals surface area contributed by atoms with Crippen LogP contribution in [-0.2, 0) is 36.7 Å². The first kappa shape index (κ1) is 32.4. The van der Waals surface area contributed by atoms with Gasteiger partial charge in [-0.2, -0.15) is 12.1 Å². The Labute approximate surface area is 307 Å². The molecule has 3 aromatic heterocycles. The zero-order valence-corrected chi connectivity index (χ0v) is 30.9. The Hall–Kier alpha value is -4.76. The van der Waals surface area contributed by atoms with Gasteiger partial charge in [0.25, 0.3) is 0 Å². The van der Waals surface area contributed by atoms with Crippen LogP contribution < -0.4 is 9.64 Å². The molecule has 5 nitrogen and oxygen atoms in total. The van der Waals surface area contributed by atoms with Gasteiger partial charge in [0.2, 0.25) is 0 Å². The zero-order chi connectivity index (χ0) is 33.9. The Bertz CT molecular complexity index is 2450. The van der Waals surface area contributed by atoms with Crippen LogP contribution in [0.25, 0.3) is 27.6 Å². The molecule has 50 heavy (non-hydrogen) atoms. The molecule has 2 aliphatic rings. The monoisotopic (exact) mass is 744 g/mol. The van der Waals surface area contributed by atoms with Crippen molar-refractivity contribution in [3.05, 3.63) is 143 Å². The van der Waals surface area contributed by atoms with Gasteiger partial charge >= 0.3 is 20.4 Å². The van der Waals surface area contributed by atoms with E-state index >= 15 is 0 Å². The van der Waals surface area contributed by atoms with Gasteiger partial charge in [0.05, 0.1) is 5.69 Å². The summed E-state index contributed by atoms with van der Waals surface area (Å²) in [5, 5.41) is 2.25. The Balaban J connectivity index is 0.00000361. The summed E-state index contributed by atoms with van der Waals surface area (Å²) in [5.41, 5.74) is 10.0. The average molecular weight is 745 g/mol. The van der Waals surface area contributed by atoms with E-state index < -0.39 is 0 Å². The molecule has 0 fully saturated rings. The Morgan fingerprint density at radius 3 is 2.08 bits per heavy atom. The fourth-order valence-electron chi connectivity index (χ4n) is 7.92. The number of rotatable bonds is 3. The quantitative estimate of drug-likeness (QED) is 0.133. The van der Waals surface area contributed by atoms with Crippen LogP contribution in [0.4, 0.5) is 17.2 Å². The van der Waals surface area contributed by atoms with E-state index in [-0.39, 0.29) is 36.7 Å². The summed E-state index contributed by atoms with van der Waals surface area (Å²) in [4.78, 5) is 12.0. The van der Waals surface area contributed by atoms with Crippen LogP contribution >= 0.6 is 0 Å². The van der Waals surface area contributed by atoms with Gasteiger partial charge in [0.1, 0.15) is 11.6 Å². The number of hydrogen-bond acceptors (Lipinski definition) is 4. The molecule has 0 saturated heterocycles. The molecule has 5 heterocycles. The van der Waals surface area contributed by atoms with Gasteiger partial charge in [-0.1, -0.05) is 102 Å². The normalized spacial score (nSPS) is 15.2. The van der Waals surface area contributed by atoms with Crippen molar-refractivity contribution in [2.75, 3.05) is 4.90 Å². The third-order valence-corrected chi connectivity index (χ3v) is 10.7. The van der Waals surface area contributed by atoms with Crippen molar-refractivity contribution in [1.29, 1.82) is 0 Å². The average Bonchev–Trinajstić information content (AvgIpc) is 3.41. The first-order valence-electron chi connectivity index (χ1n) is 17.0. The summed E-state index contributed by atoms with van der Waals surface area (Å²) < 4.78 is 8.79. The molecule has 4 aromatic carbocycles. The zero-order valence-electron chi connectivity index (χ0n) is 29.3. The first-order chi connectivity index (χ1) is 23.4. The minimum absolute atomic E-state index is 0. The van der Waals surface area contributed by atoms with E-state index in [2.05, 4.69) is 130 Å². The molecule has 2 aliphatic heterocycles. The van der Waals surface area contributed by atoms with E-state index in [9.17, 15) is 0 Å².